The van der Waals surface area contributed by atoms with E-state index in [2.05, 4.69) is 5.32 Å². The Balaban J connectivity index is 1.71. The molecule has 7 nitrogen and oxygen atoms in total. The molecule has 0 aliphatic heterocycles. The minimum Gasteiger partial charge on any atom is -0.349 e. The lowest BCUT2D eigenvalue weighted by Crippen LogP contribution is -2.44. The third-order valence-corrected chi connectivity index (χ3v) is 6.61. The summed E-state index contributed by atoms with van der Waals surface area (Å²) in [4.78, 5) is 31.5. The molecule has 0 atom stereocenters. The average molecular weight is 461 g/mol. The second-order valence-corrected chi connectivity index (χ2v) is 9.00. The minimum absolute atomic E-state index is 0.0976. The number of amides is 1. The number of nitrogens with two attached hydrogens (primary N) is 1. The average Bonchev–Trinajstić information content (AvgIpc) is 2.83. The van der Waals surface area contributed by atoms with Crippen molar-refractivity contribution in [1.82, 2.24) is 14.7 Å². The van der Waals surface area contributed by atoms with Gasteiger partial charge >= 0.3 is 0 Å². The summed E-state index contributed by atoms with van der Waals surface area (Å²) >= 11 is 0. The van der Waals surface area contributed by atoms with E-state index in [0.717, 1.165) is 36.8 Å². The van der Waals surface area contributed by atoms with Crippen LogP contribution in [-0.4, -0.2) is 21.3 Å². The van der Waals surface area contributed by atoms with Gasteiger partial charge in [-0.3, -0.25) is 14.0 Å². The summed E-state index contributed by atoms with van der Waals surface area (Å²) in [6.07, 6.45) is 6.88. The summed E-state index contributed by atoms with van der Waals surface area (Å²) in [5.74, 6) is -0.423. The molecular formula is C26H27FN5O2+. The van der Waals surface area contributed by atoms with Crippen molar-refractivity contribution in [2.45, 2.75) is 51.6 Å². The predicted octanol–water partition coefficient (Wildman–Crippen LogP) is 3.28. The quantitative estimate of drug-likeness (QED) is 0.361. The molecule has 8 heteroatoms. The molecule has 3 aromatic heterocycles. The zero-order valence-electron chi connectivity index (χ0n) is 19.1. The van der Waals surface area contributed by atoms with Gasteiger partial charge in [0.2, 0.25) is 11.5 Å². The van der Waals surface area contributed by atoms with E-state index in [0.29, 0.717) is 16.7 Å². The molecular weight excluding hydrogens is 433 g/mol. The molecule has 4 aromatic rings. The first-order valence-corrected chi connectivity index (χ1v) is 11.6. The van der Waals surface area contributed by atoms with Gasteiger partial charge in [-0.2, -0.15) is 0 Å². The van der Waals surface area contributed by atoms with E-state index in [1.807, 2.05) is 13.0 Å². The van der Waals surface area contributed by atoms with Gasteiger partial charge in [0, 0.05) is 17.8 Å². The first-order chi connectivity index (χ1) is 16.4. The van der Waals surface area contributed by atoms with Gasteiger partial charge < -0.3 is 11.1 Å². The van der Waals surface area contributed by atoms with E-state index < -0.39 is 0 Å². The monoisotopic (exact) mass is 460 g/mol. The molecule has 1 aliphatic carbocycles. The highest BCUT2D eigenvalue weighted by molar-refractivity contribution is 6.00. The number of nitrogens with zero attached hydrogens (tertiary/aromatic N) is 3. The third kappa shape index (κ3) is 4.00. The van der Waals surface area contributed by atoms with Crippen LogP contribution in [-0.2, 0) is 6.54 Å². The van der Waals surface area contributed by atoms with Gasteiger partial charge in [-0.05, 0) is 49.6 Å². The number of nitrogens with one attached hydrogen (secondary N) is 1. The Hall–Kier alpha value is -3.81. The lowest BCUT2D eigenvalue weighted by Gasteiger charge is -2.23. The lowest BCUT2D eigenvalue weighted by molar-refractivity contribution is -0.649. The number of benzene rings is 1. The number of pyridine rings is 2. The molecule has 34 heavy (non-hydrogen) atoms. The van der Waals surface area contributed by atoms with Gasteiger partial charge in [0.25, 0.3) is 17.1 Å². The number of fused-ring (bicyclic) bond motifs is 2. The molecule has 3 heterocycles. The molecule has 0 radical (unpaired) electrons. The topological polar surface area (TPSA) is 93.4 Å². The van der Waals surface area contributed by atoms with E-state index in [-0.39, 0.29) is 41.3 Å². The van der Waals surface area contributed by atoms with Crippen molar-refractivity contribution in [2.75, 3.05) is 5.73 Å². The van der Waals surface area contributed by atoms with Gasteiger partial charge in [0.05, 0.1) is 6.54 Å². The van der Waals surface area contributed by atoms with Gasteiger partial charge in [-0.1, -0.05) is 42.4 Å². The van der Waals surface area contributed by atoms with E-state index in [1.54, 1.807) is 35.0 Å². The van der Waals surface area contributed by atoms with Crippen molar-refractivity contribution in [1.29, 1.82) is 0 Å². The summed E-state index contributed by atoms with van der Waals surface area (Å²) in [5.41, 5.74) is 9.03. The van der Waals surface area contributed by atoms with Crippen LogP contribution in [0.2, 0.25) is 0 Å². The summed E-state index contributed by atoms with van der Waals surface area (Å²) < 4.78 is 16.6. The molecule has 0 bridgehead atoms. The number of nitrogen functional groups attached to an aromatic ring is 1. The zero-order chi connectivity index (χ0) is 23.8. The molecule has 1 fully saturated rings. The number of hydrogen-bond acceptors (Lipinski definition) is 4. The number of aromatic nitrogens is 3. The summed E-state index contributed by atoms with van der Waals surface area (Å²) in [6, 6.07) is 11.4. The first kappa shape index (κ1) is 22.0. The number of hydrogen-bond donors (Lipinski definition) is 2. The summed E-state index contributed by atoms with van der Waals surface area (Å²) in [5, 5.41) is 3.39. The Morgan fingerprint density at radius 2 is 1.94 bits per heavy atom. The molecule has 1 aromatic carbocycles. The fraction of sp³-hybridized carbons (Fsp3) is 0.308. The van der Waals surface area contributed by atoms with E-state index >= 15 is 0 Å². The second kappa shape index (κ2) is 8.85. The Bertz CT molecular complexity index is 1460. The first-order valence-electron chi connectivity index (χ1n) is 11.6. The highest BCUT2D eigenvalue weighted by Crippen LogP contribution is 2.20. The maximum absolute atomic E-state index is 13.5. The number of halogens is 1. The molecule has 1 aliphatic rings. The summed E-state index contributed by atoms with van der Waals surface area (Å²) in [6.45, 7) is 2.12. The molecule has 5 rings (SSSR count). The summed E-state index contributed by atoms with van der Waals surface area (Å²) in [7, 11) is 0. The van der Waals surface area contributed by atoms with Gasteiger partial charge in [0.1, 0.15) is 16.8 Å². The van der Waals surface area contributed by atoms with E-state index in [4.69, 9.17) is 10.7 Å². The molecule has 0 spiro atoms. The molecule has 1 amide bonds. The lowest BCUT2D eigenvalue weighted by atomic mass is 9.95. The van der Waals surface area contributed by atoms with E-state index in [1.165, 1.54) is 23.0 Å². The maximum atomic E-state index is 13.5. The number of aryl methyl sites for hydroxylation is 1. The number of carbonyl (C=O) groups excluding carboxylic acids is 1. The smallest absolute Gasteiger partial charge is 0.278 e. The Labute approximate surface area is 196 Å². The number of anilines is 1. The van der Waals surface area contributed by atoms with Gasteiger partial charge in [-0.25, -0.2) is 8.96 Å². The molecule has 3 N–H and O–H groups in total. The van der Waals surface area contributed by atoms with Crippen LogP contribution < -0.4 is 21.2 Å². The third-order valence-electron chi connectivity index (χ3n) is 6.61. The van der Waals surface area contributed by atoms with Crippen molar-refractivity contribution < 1.29 is 13.8 Å². The largest absolute Gasteiger partial charge is 0.349 e. The number of rotatable bonds is 4. The Kier molecular flexibility index (Phi) is 5.73. The highest BCUT2D eigenvalue weighted by atomic mass is 19.1. The fourth-order valence-electron chi connectivity index (χ4n) is 4.73. The van der Waals surface area contributed by atoms with Crippen LogP contribution in [0.15, 0.2) is 53.5 Å². The van der Waals surface area contributed by atoms with Gasteiger partial charge in [-0.15, -0.1) is 0 Å². The normalized spacial score (nSPS) is 14.5. The van der Waals surface area contributed by atoms with Crippen molar-refractivity contribution in [3.63, 3.8) is 0 Å². The Morgan fingerprint density at radius 1 is 1.21 bits per heavy atom. The maximum Gasteiger partial charge on any atom is 0.278 e. The van der Waals surface area contributed by atoms with Crippen LogP contribution in [0, 0.1) is 12.7 Å². The SMILES string of the molecule is Cc1cccn2c(=O)c3cc(C(=O)NC4CCCCC4)c(N)[n+](Cc4ccc(F)cc4)c3nc12. The van der Waals surface area contributed by atoms with Crippen LogP contribution >= 0.6 is 0 Å². The van der Waals surface area contributed by atoms with Crippen LogP contribution in [0.4, 0.5) is 10.2 Å². The molecule has 174 valence electrons. The van der Waals surface area contributed by atoms with Crippen molar-refractivity contribution in [3.8, 4) is 0 Å². The molecule has 0 saturated heterocycles. The van der Waals surface area contributed by atoms with Gasteiger partial charge in [0.15, 0.2) is 0 Å². The minimum atomic E-state index is -0.342. The number of carbonyl (C=O) groups is 1. The van der Waals surface area contributed by atoms with Crippen molar-refractivity contribution >= 4 is 28.4 Å². The highest BCUT2D eigenvalue weighted by Gasteiger charge is 2.26. The second-order valence-electron chi connectivity index (χ2n) is 9.00. The molecule has 1 saturated carbocycles. The van der Waals surface area contributed by atoms with Crippen LogP contribution in [0.25, 0.3) is 16.7 Å². The van der Waals surface area contributed by atoms with Crippen LogP contribution in [0.5, 0.6) is 0 Å². The molecule has 0 unspecified atom stereocenters. The van der Waals surface area contributed by atoms with Crippen LogP contribution in [0.1, 0.15) is 53.6 Å². The standard InChI is InChI=1S/C26H26FN5O2/c1-16-6-5-13-31-23(16)30-24-21(26(31)34)14-20(25(33)29-19-7-3-2-4-8-19)22(28)32(24)15-17-9-11-18(27)12-10-17/h5-6,9-14,19,28H,2-4,7-8,15H2,1H3,(H,29,33)/p+1. The zero-order valence-corrected chi connectivity index (χ0v) is 19.1. The van der Waals surface area contributed by atoms with Crippen molar-refractivity contribution in [2.24, 2.45) is 0 Å². The van der Waals surface area contributed by atoms with E-state index in [9.17, 15) is 14.0 Å². The predicted molar refractivity (Wildman–Crippen MR) is 128 cm³/mol. The Morgan fingerprint density at radius 3 is 2.68 bits per heavy atom. The van der Waals surface area contributed by atoms with Crippen molar-refractivity contribution in [3.05, 3.63) is 81.5 Å². The fourth-order valence-corrected chi connectivity index (χ4v) is 4.73. The van der Waals surface area contributed by atoms with Crippen LogP contribution in [0.3, 0.4) is 0 Å².